The molecule has 112 valence electrons. The van der Waals surface area contributed by atoms with Gasteiger partial charge in [0.2, 0.25) is 0 Å². The van der Waals surface area contributed by atoms with E-state index in [1.165, 1.54) is 12.7 Å². The second kappa shape index (κ2) is 5.60. The monoisotopic (exact) mass is 305 g/mol. The van der Waals surface area contributed by atoms with Crippen LogP contribution in [-0.2, 0) is 9.53 Å². The molecule has 2 aromatic heterocycles. The van der Waals surface area contributed by atoms with Crippen molar-refractivity contribution in [2.24, 2.45) is 5.92 Å². The van der Waals surface area contributed by atoms with E-state index in [2.05, 4.69) is 27.6 Å². The molecule has 0 bridgehead atoms. The molecule has 1 N–H and O–H groups in total. The van der Waals surface area contributed by atoms with Crippen LogP contribution in [0.25, 0.3) is 10.2 Å². The van der Waals surface area contributed by atoms with Crippen molar-refractivity contribution in [3.63, 3.8) is 0 Å². The summed E-state index contributed by atoms with van der Waals surface area (Å²) >= 11 is 1.64. The minimum Gasteiger partial charge on any atom is -0.469 e. The number of fused-ring (bicyclic) bond motifs is 1. The van der Waals surface area contributed by atoms with Crippen LogP contribution >= 0.6 is 11.3 Å². The predicted molar refractivity (Wildman–Crippen MR) is 83.7 cm³/mol. The van der Waals surface area contributed by atoms with Gasteiger partial charge in [-0.1, -0.05) is 0 Å². The number of thiophene rings is 1. The fourth-order valence-corrected chi connectivity index (χ4v) is 3.95. The minimum atomic E-state index is -0.102. The van der Waals surface area contributed by atoms with Gasteiger partial charge in [0.15, 0.2) is 0 Å². The van der Waals surface area contributed by atoms with E-state index in [-0.39, 0.29) is 17.9 Å². The number of nitrogens with zero attached hydrogens (tertiary/aromatic N) is 2. The number of nitrogens with one attached hydrogen (secondary N) is 1. The molecule has 1 saturated carbocycles. The highest BCUT2D eigenvalue weighted by Gasteiger charge is 2.31. The van der Waals surface area contributed by atoms with Crippen molar-refractivity contribution >= 4 is 33.3 Å². The topological polar surface area (TPSA) is 64.1 Å². The van der Waals surface area contributed by atoms with Crippen LogP contribution in [0.4, 0.5) is 5.82 Å². The standard InChI is InChI=1S/C15H19N3O2S/c1-8-7-21-14-12(8)13(16-9(2)17-14)18-11-5-4-10(6-11)15(19)20-3/h7,10-11H,4-6H2,1-3H3,(H,16,17,18)/t10-,11+/m0/s1. The second-order valence-corrected chi connectivity index (χ2v) is 6.45. The molecule has 0 aliphatic heterocycles. The highest BCUT2D eigenvalue weighted by molar-refractivity contribution is 7.17. The average Bonchev–Trinajstić information content (AvgIpc) is 3.05. The maximum Gasteiger partial charge on any atom is 0.308 e. The number of carbonyl (C=O) groups excluding carboxylic acids is 1. The molecule has 6 heteroatoms. The lowest BCUT2D eigenvalue weighted by atomic mass is 10.1. The van der Waals surface area contributed by atoms with Gasteiger partial charge in [0.1, 0.15) is 16.5 Å². The van der Waals surface area contributed by atoms with E-state index in [0.29, 0.717) is 0 Å². The Labute approximate surface area is 127 Å². The lowest BCUT2D eigenvalue weighted by Crippen LogP contribution is -2.19. The van der Waals surface area contributed by atoms with Crippen LogP contribution in [0, 0.1) is 19.8 Å². The van der Waals surface area contributed by atoms with E-state index in [1.807, 2.05) is 6.92 Å². The van der Waals surface area contributed by atoms with Gasteiger partial charge in [0.25, 0.3) is 0 Å². The van der Waals surface area contributed by atoms with Gasteiger partial charge in [-0.05, 0) is 44.1 Å². The number of anilines is 1. The number of aromatic nitrogens is 2. The zero-order valence-corrected chi connectivity index (χ0v) is 13.3. The van der Waals surface area contributed by atoms with Crippen LogP contribution in [0.1, 0.15) is 30.7 Å². The summed E-state index contributed by atoms with van der Waals surface area (Å²) in [6.45, 7) is 3.99. The first-order valence-corrected chi connectivity index (χ1v) is 8.03. The van der Waals surface area contributed by atoms with Crippen molar-refractivity contribution in [2.45, 2.75) is 39.2 Å². The fourth-order valence-electron chi connectivity index (χ4n) is 2.98. The maximum atomic E-state index is 11.6. The third kappa shape index (κ3) is 2.72. The first-order valence-electron chi connectivity index (χ1n) is 7.15. The molecular formula is C15H19N3O2S. The van der Waals surface area contributed by atoms with Crippen molar-refractivity contribution in [3.05, 3.63) is 16.8 Å². The Balaban J connectivity index is 1.83. The lowest BCUT2D eigenvalue weighted by molar-refractivity contribution is -0.145. The van der Waals surface area contributed by atoms with E-state index >= 15 is 0 Å². The molecule has 1 fully saturated rings. The Morgan fingerprint density at radius 2 is 2.19 bits per heavy atom. The van der Waals surface area contributed by atoms with Gasteiger partial charge in [-0.3, -0.25) is 4.79 Å². The first-order chi connectivity index (χ1) is 10.1. The SMILES string of the molecule is COC(=O)[C@H]1CC[C@@H](Nc2nc(C)nc3scc(C)c23)C1. The Morgan fingerprint density at radius 3 is 2.95 bits per heavy atom. The molecule has 5 nitrogen and oxygen atoms in total. The number of hydrogen-bond acceptors (Lipinski definition) is 6. The van der Waals surface area contributed by atoms with Crippen molar-refractivity contribution in [3.8, 4) is 0 Å². The number of ether oxygens (including phenoxy) is 1. The third-order valence-corrected chi connectivity index (χ3v) is 5.03. The molecule has 2 heterocycles. The van der Waals surface area contributed by atoms with Crippen LogP contribution < -0.4 is 5.32 Å². The van der Waals surface area contributed by atoms with Gasteiger partial charge >= 0.3 is 5.97 Å². The lowest BCUT2D eigenvalue weighted by Gasteiger charge is -2.15. The summed E-state index contributed by atoms with van der Waals surface area (Å²) in [6, 6.07) is 0.269. The number of hydrogen-bond donors (Lipinski definition) is 1. The van der Waals surface area contributed by atoms with E-state index < -0.39 is 0 Å². The van der Waals surface area contributed by atoms with Crippen LogP contribution in [0.3, 0.4) is 0 Å². The Hall–Kier alpha value is -1.69. The number of esters is 1. The predicted octanol–water partition coefficient (Wildman–Crippen LogP) is 3.06. The van der Waals surface area contributed by atoms with Crippen molar-refractivity contribution in [1.29, 1.82) is 0 Å². The minimum absolute atomic E-state index is 0.00879. The average molecular weight is 305 g/mol. The van der Waals surface area contributed by atoms with E-state index in [0.717, 1.165) is 41.1 Å². The summed E-state index contributed by atoms with van der Waals surface area (Å²) in [7, 11) is 1.45. The van der Waals surface area contributed by atoms with Crippen LogP contribution in [0.5, 0.6) is 0 Å². The zero-order valence-electron chi connectivity index (χ0n) is 12.5. The number of rotatable bonds is 3. The fraction of sp³-hybridized carbons (Fsp3) is 0.533. The molecule has 3 rings (SSSR count). The van der Waals surface area contributed by atoms with Gasteiger partial charge in [-0.15, -0.1) is 11.3 Å². The summed E-state index contributed by atoms with van der Waals surface area (Å²) < 4.78 is 4.84. The van der Waals surface area contributed by atoms with Gasteiger partial charge in [-0.2, -0.15) is 0 Å². The van der Waals surface area contributed by atoms with E-state index in [1.54, 1.807) is 11.3 Å². The Morgan fingerprint density at radius 1 is 1.38 bits per heavy atom. The van der Waals surface area contributed by atoms with Crippen LogP contribution in [-0.4, -0.2) is 29.1 Å². The van der Waals surface area contributed by atoms with Crippen molar-refractivity contribution in [1.82, 2.24) is 9.97 Å². The van der Waals surface area contributed by atoms with Crippen molar-refractivity contribution in [2.75, 3.05) is 12.4 Å². The van der Waals surface area contributed by atoms with E-state index in [4.69, 9.17) is 4.74 Å². The first kappa shape index (κ1) is 14.3. The molecule has 0 saturated heterocycles. The van der Waals surface area contributed by atoms with E-state index in [9.17, 15) is 4.79 Å². The highest BCUT2D eigenvalue weighted by Crippen LogP contribution is 2.33. The number of carbonyl (C=O) groups is 1. The maximum absolute atomic E-state index is 11.6. The smallest absolute Gasteiger partial charge is 0.308 e. The summed E-state index contributed by atoms with van der Waals surface area (Å²) in [5.74, 6) is 1.57. The van der Waals surface area contributed by atoms with Gasteiger partial charge in [0.05, 0.1) is 18.4 Å². The molecule has 0 spiro atoms. The molecule has 1 aliphatic rings. The molecule has 2 atom stereocenters. The largest absolute Gasteiger partial charge is 0.469 e. The quantitative estimate of drug-likeness (QED) is 0.883. The Kier molecular flexibility index (Phi) is 3.80. The molecule has 0 amide bonds. The van der Waals surface area contributed by atoms with Gasteiger partial charge < -0.3 is 10.1 Å². The van der Waals surface area contributed by atoms with Crippen molar-refractivity contribution < 1.29 is 9.53 Å². The number of aryl methyl sites for hydroxylation is 2. The highest BCUT2D eigenvalue weighted by atomic mass is 32.1. The molecule has 0 radical (unpaired) electrons. The van der Waals surface area contributed by atoms with Gasteiger partial charge in [0, 0.05) is 6.04 Å². The zero-order chi connectivity index (χ0) is 15.0. The van der Waals surface area contributed by atoms with Gasteiger partial charge in [-0.25, -0.2) is 9.97 Å². The normalized spacial score (nSPS) is 21.7. The second-order valence-electron chi connectivity index (χ2n) is 5.59. The molecule has 1 aliphatic carbocycles. The van der Waals surface area contributed by atoms with Crippen LogP contribution in [0.2, 0.25) is 0 Å². The molecule has 2 aromatic rings. The Bertz CT molecular complexity index is 683. The summed E-state index contributed by atoms with van der Waals surface area (Å²) in [5.41, 5.74) is 1.19. The molecule has 21 heavy (non-hydrogen) atoms. The summed E-state index contributed by atoms with van der Waals surface area (Å²) in [5, 5.41) is 6.72. The molecule has 0 unspecified atom stereocenters. The summed E-state index contributed by atoms with van der Waals surface area (Å²) in [4.78, 5) is 21.7. The molecule has 0 aromatic carbocycles. The third-order valence-electron chi connectivity index (χ3n) is 4.04. The summed E-state index contributed by atoms with van der Waals surface area (Å²) in [6.07, 6.45) is 2.65. The molecular weight excluding hydrogens is 286 g/mol. The number of methoxy groups -OCH3 is 1. The van der Waals surface area contributed by atoms with Crippen LogP contribution in [0.15, 0.2) is 5.38 Å².